The van der Waals surface area contributed by atoms with E-state index in [1.54, 1.807) is 7.11 Å². The van der Waals surface area contributed by atoms with E-state index >= 15 is 0 Å². The van der Waals surface area contributed by atoms with E-state index in [1.165, 1.54) is 4.90 Å². The van der Waals surface area contributed by atoms with Gasteiger partial charge in [0.1, 0.15) is 5.75 Å². The second kappa shape index (κ2) is 8.89. The quantitative estimate of drug-likeness (QED) is 0.464. The van der Waals surface area contributed by atoms with Crippen molar-refractivity contribution in [3.63, 3.8) is 0 Å². The lowest BCUT2D eigenvalue weighted by Crippen LogP contribution is -3.15. The van der Waals surface area contributed by atoms with Gasteiger partial charge in [-0.25, -0.2) is 0 Å². The number of rotatable bonds is 6. The molecule has 3 aromatic carbocycles. The van der Waals surface area contributed by atoms with Crippen LogP contribution in [0.3, 0.4) is 0 Å². The average molecular weight is 427 g/mol. The summed E-state index contributed by atoms with van der Waals surface area (Å²) in [5, 5.41) is 0.991. The first-order valence-electron chi connectivity index (χ1n) is 11.1. The zero-order chi connectivity index (χ0) is 21.9. The minimum atomic E-state index is -0.227. The standard InChI is InChI=1S/C27H27N3O2/c1-32-25-14-8-7-13-24(25)29-15-17-30(18-16-29)26(20-9-3-2-4-10-20)27(31)22-19-28-23-12-6-5-11-21(22)23/h2-14,19,26,28H,15-18H2,1H3/p+1/t26-/m1/s1. The van der Waals surface area contributed by atoms with Gasteiger partial charge in [0.05, 0.1) is 39.0 Å². The number of hydrogen-bond acceptors (Lipinski definition) is 3. The zero-order valence-electron chi connectivity index (χ0n) is 18.3. The molecular formula is C27H28N3O2+. The Morgan fingerprint density at radius 3 is 2.41 bits per heavy atom. The third kappa shape index (κ3) is 3.76. The van der Waals surface area contributed by atoms with Gasteiger partial charge < -0.3 is 19.5 Å². The average Bonchev–Trinajstić information content (AvgIpc) is 3.29. The number of ketones is 1. The fourth-order valence-corrected chi connectivity index (χ4v) is 4.86. The normalized spacial score (nSPS) is 15.6. The monoisotopic (exact) mass is 426 g/mol. The van der Waals surface area contributed by atoms with E-state index in [0.29, 0.717) is 0 Å². The van der Waals surface area contributed by atoms with Crippen molar-refractivity contribution in [2.45, 2.75) is 6.04 Å². The lowest BCUT2D eigenvalue weighted by atomic mass is 9.95. The van der Waals surface area contributed by atoms with Crippen LogP contribution < -0.4 is 14.5 Å². The first-order valence-corrected chi connectivity index (χ1v) is 11.1. The second-order valence-corrected chi connectivity index (χ2v) is 8.27. The molecule has 0 radical (unpaired) electrons. The topological polar surface area (TPSA) is 49.8 Å². The van der Waals surface area contributed by atoms with Gasteiger partial charge in [-0.3, -0.25) is 4.79 Å². The van der Waals surface area contributed by atoms with Gasteiger partial charge in [-0.2, -0.15) is 0 Å². The molecule has 0 bridgehead atoms. The van der Waals surface area contributed by atoms with Crippen LogP contribution in [-0.2, 0) is 0 Å². The van der Waals surface area contributed by atoms with Crippen LogP contribution in [0, 0.1) is 0 Å². The summed E-state index contributed by atoms with van der Waals surface area (Å²) in [5.74, 6) is 1.07. The van der Waals surface area contributed by atoms with E-state index in [0.717, 1.165) is 59.6 Å². The number of hydrogen-bond donors (Lipinski definition) is 2. The number of para-hydroxylation sites is 3. The molecule has 1 aromatic heterocycles. The number of aromatic amines is 1. The number of Topliss-reactive ketones (excluding diaryl/α,β-unsaturated/α-hetero) is 1. The molecule has 0 saturated carbocycles. The van der Waals surface area contributed by atoms with E-state index in [1.807, 2.05) is 66.9 Å². The van der Waals surface area contributed by atoms with Gasteiger partial charge in [0.2, 0.25) is 5.78 Å². The first-order chi connectivity index (χ1) is 15.8. The molecule has 1 aliphatic rings. The Kier molecular flexibility index (Phi) is 5.65. The van der Waals surface area contributed by atoms with Crippen molar-refractivity contribution in [2.75, 3.05) is 38.2 Å². The van der Waals surface area contributed by atoms with Gasteiger partial charge in [-0.05, 0) is 18.2 Å². The van der Waals surface area contributed by atoms with Gasteiger partial charge in [-0.1, -0.05) is 60.7 Å². The van der Waals surface area contributed by atoms with E-state index in [9.17, 15) is 4.79 Å². The van der Waals surface area contributed by atoms with Crippen LogP contribution in [0.2, 0.25) is 0 Å². The summed E-state index contributed by atoms with van der Waals surface area (Å²) in [7, 11) is 1.71. The highest BCUT2D eigenvalue weighted by molar-refractivity contribution is 6.10. The largest absolute Gasteiger partial charge is 0.495 e. The number of aromatic nitrogens is 1. The molecule has 1 saturated heterocycles. The van der Waals surface area contributed by atoms with Crippen LogP contribution in [-0.4, -0.2) is 44.1 Å². The number of benzene rings is 3. The number of carbonyl (C=O) groups is 1. The fraction of sp³-hybridized carbons (Fsp3) is 0.222. The highest BCUT2D eigenvalue weighted by Crippen LogP contribution is 2.28. The van der Waals surface area contributed by atoms with E-state index in [2.05, 4.69) is 28.1 Å². The SMILES string of the molecule is COc1ccccc1N1CC[NH+]([C@@H](C(=O)c2c[nH]c3ccccc23)c2ccccc2)CC1. The van der Waals surface area contributed by atoms with Crippen LogP contribution in [0.1, 0.15) is 22.0 Å². The lowest BCUT2D eigenvalue weighted by Gasteiger charge is -2.37. The molecular weight excluding hydrogens is 398 g/mol. The van der Waals surface area contributed by atoms with Gasteiger partial charge in [0, 0.05) is 28.2 Å². The predicted molar refractivity (Wildman–Crippen MR) is 128 cm³/mol. The highest BCUT2D eigenvalue weighted by atomic mass is 16.5. The molecule has 5 rings (SSSR count). The van der Waals surface area contributed by atoms with Crippen molar-refractivity contribution in [2.24, 2.45) is 0 Å². The summed E-state index contributed by atoms with van der Waals surface area (Å²) in [4.78, 5) is 20.8. The Morgan fingerprint density at radius 1 is 0.938 bits per heavy atom. The summed E-state index contributed by atoms with van der Waals surface area (Å²) < 4.78 is 5.56. The number of ether oxygens (including phenoxy) is 1. The maximum atomic E-state index is 13.9. The van der Waals surface area contributed by atoms with Crippen molar-refractivity contribution < 1.29 is 14.4 Å². The number of quaternary nitrogens is 1. The molecule has 5 heteroatoms. The van der Waals surface area contributed by atoms with Crippen LogP contribution in [0.15, 0.2) is 85.1 Å². The minimum absolute atomic E-state index is 0.175. The molecule has 4 aromatic rings. The number of H-pyrrole nitrogens is 1. The van der Waals surface area contributed by atoms with Gasteiger partial charge >= 0.3 is 0 Å². The second-order valence-electron chi connectivity index (χ2n) is 8.27. The summed E-state index contributed by atoms with van der Waals surface area (Å²) >= 11 is 0. The van der Waals surface area contributed by atoms with Crippen LogP contribution >= 0.6 is 0 Å². The summed E-state index contributed by atoms with van der Waals surface area (Å²) in [6, 6.07) is 26.2. The van der Waals surface area contributed by atoms with Crippen molar-refractivity contribution in [3.05, 3.63) is 96.2 Å². The number of anilines is 1. The maximum absolute atomic E-state index is 13.9. The fourth-order valence-electron chi connectivity index (χ4n) is 4.86. The molecule has 5 nitrogen and oxygen atoms in total. The molecule has 2 heterocycles. The third-order valence-electron chi connectivity index (χ3n) is 6.49. The summed E-state index contributed by atoms with van der Waals surface area (Å²) in [5.41, 5.74) is 3.96. The number of fused-ring (bicyclic) bond motifs is 1. The molecule has 162 valence electrons. The van der Waals surface area contributed by atoms with Crippen molar-refractivity contribution in [3.8, 4) is 5.75 Å². The highest BCUT2D eigenvalue weighted by Gasteiger charge is 2.36. The number of carbonyl (C=O) groups excluding carboxylic acids is 1. The van der Waals surface area contributed by atoms with Crippen LogP contribution in [0.4, 0.5) is 5.69 Å². The molecule has 0 spiro atoms. The first kappa shape index (κ1) is 20.3. The Bertz CT molecular complexity index is 1210. The Labute approximate surface area is 188 Å². The Morgan fingerprint density at radius 2 is 1.62 bits per heavy atom. The summed E-state index contributed by atoms with van der Waals surface area (Å²) in [6.45, 7) is 3.51. The maximum Gasteiger partial charge on any atom is 0.226 e. The minimum Gasteiger partial charge on any atom is -0.495 e. The molecule has 1 fully saturated rings. The van der Waals surface area contributed by atoms with Crippen LogP contribution in [0.25, 0.3) is 10.9 Å². The molecule has 2 N–H and O–H groups in total. The molecule has 0 amide bonds. The van der Waals surface area contributed by atoms with E-state index < -0.39 is 0 Å². The molecule has 32 heavy (non-hydrogen) atoms. The van der Waals surface area contributed by atoms with Crippen molar-refractivity contribution >= 4 is 22.4 Å². The molecule has 0 unspecified atom stereocenters. The predicted octanol–water partition coefficient (Wildman–Crippen LogP) is 3.51. The van der Waals surface area contributed by atoms with E-state index in [4.69, 9.17) is 4.74 Å². The van der Waals surface area contributed by atoms with E-state index in [-0.39, 0.29) is 11.8 Å². The lowest BCUT2D eigenvalue weighted by molar-refractivity contribution is -0.921. The summed E-state index contributed by atoms with van der Waals surface area (Å²) in [6.07, 6.45) is 1.87. The molecule has 1 aliphatic heterocycles. The molecule has 1 atom stereocenters. The van der Waals surface area contributed by atoms with Gasteiger partial charge in [0.25, 0.3) is 0 Å². The van der Waals surface area contributed by atoms with Crippen molar-refractivity contribution in [1.29, 1.82) is 0 Å². The number of methoxy groups -OCH3 is 1. The van der Waals surface area contributed by atoms with Crippen molar-refractivity contribution in [1.82, 2.24) is 4.98 Å². The molecule has 0 aliphatic carbocycles. The Hall–Kier alpha value is -3.57. The Balaban J connectivity index is 1.43. The van der Waals surface area contributed by atoms with Gasteiger partial charge in [-0.15, -0.1) is 0 Å². The smallest absolute Gasteiger partial charge is 0.226 e. The van der Waals surface area contributed by atoms with Crippen LogP contribution in [0.5, 0.6) is 5.75 Å². The zero-order valence-corrected chi connectivity index (χ0v) is 18.3. The number of piperazine rings is 1. The number of nitrogens with one attached hydrogen (secondary N) is 2. The number of nitrogens with zero attached hydrogens (tertiary/aromatic N) is 1. The van der Waals surface area contributed by atoms with Gasteiger partial charge in [0.15, 0.2) is 6.04 Å². The third-order valence-corrected chi connectivity index (χ3v) is 6.49.